The van der Waals surface area contributed by atoms with Gasteiger partial charge in [-0.25, -0.2) is 13.1 Å². The van der Waals surface area contributed by atoms with E-state index in [-0.39, 0.29) is 0 Å². The standard InChI is InChI=1S/C14H21BrN2O2S/c1-11(2)17-7-6-12(10-17)9-16-20(18,19)14-5-3-4-13(15)8-14/h3-5,8,11-12,16H,6-7,9-10H2,1-2H3. The minimum absolute atomic E-state index is 0.311. The van der Waals surface area contributed by atoms with Gasteiger partial charge in [0.05, 0.1) is 4.90 Å². The van der Waals surface area contributed by atoms with Crippen LogP contribution in [0.4, 0.5) is 0 Å². The predicted octanol–water partition coefficient (Wildman–Crippen LogP) is 2.46. The first-order chi connectivity index (χ1) is 9.38. The van der Waals surface area contributed by atoms with E-state index in [2.05, 4.69) is 39.4 Å². The zero-order valence-corrected chi connectivity index (χ0v) is 14.2. The number of likely N-dealkylation sites (tertiary alicyclic amines) is 1. The zero-order valence-electron chi connectivity index (χ0n) is 11.8. The number of sulfonamides is 1. The third-order valence-corrected chi connectivity index (χ3v) is 5.63. The molecule has 0 amide bonds. The fourth-order valence-electron chi connectivity index (χ4n) is 2.44. The van der Waals surface area contributed by atoms with E-state index < -0.39 is 10.0 Å². The van der Waals surface area contributed by atoms with Crippen molar-refractivity contribution in [1.29, 1.82) is 0 Å². The second-order valence-corrected chi connectivity index (χ2v) is 8.24. The molecule has 0 radical (unpaired) electrons. The molecule has 1 N–H and O–H groups in total. The van der Waals surface area contributed by atoms with Gasteiger partial charge in [0.15, 0.2) is 0 Å². The van der Waals surface area contributed by atoms with Crippen molar-refractivity contribution < 1.29 is 8.42 Å². The number of hydrogen-bond donors (Lipinski definition) is 1. The highest BCUT2D eigenvalue weighted by Gasteiger charge is 2.25. The molecule has 0 aliphatic carbocycles. The minimum Gasteiger partial charge on any atom is -0.301 e. The minimum atomic E-state index is -3.41. The van der Waals surface area contributed by atoms with Gasteiger partial charge in [0, 0.05) is 23.6 Å². The average molecular weight is 361 g/mol. The molecule has 2 rings (SSSR count). The molecule has 1 atom stereocenters. The van der Waals surface area contributed by atoms with Crippen molar-refractivity contribution in [2.45, 2.75) is 31.2 Å². The summed E-state index contributed by atoms with van der Waals surface area (Å²) in [6.45, 7) is 6.89. The molecule has 6 heteroatoms. The SMILES string of the molecule is CC(C)N1CCC(CNS(=O)(=O)c2cccc(Br)c2)C1. The van der Waals surface area contributed by atoms with E-state index in [1.807, 2.05) is 6.07 Å². The van der Waals surface area contributed by atoms with Crippen LogP contribution >= 0.6 is 15.9 Å². The third kappa shape index (κ3) is 4.04. The Bertz CT molecular complexity index is 560. The number of halogens is 1. The van der Waals surface area contributed by atoms with Gasteiger partial charge in [0.25, 0.3) is 0 Å². The fourth-order valence-corrected chi connectivity index (χ4v) is 4.16. The Hall–Kier alpha value is -0.430. The number of benzene rings is 1. The normalized spacial score (nSPS) is 20.7. The van der Waals surface area contributed by atoms with Gasteiger partial charge in [0.1, 0.15) is 0 Å². The number of nitrogens with zero attached hydrogens (tertiary/aromatic N) is 1. The largest absolute Gasteiger partial charge is 0.301 e. The van der Waals surface area contributed by atoms with Crippen molar-refractivity contribution in [3.8, 4) is 0 Å². The Morgan fingerprint density at radius 2 is 2.20 bits per heavy atom. The highest BCUT2D eigenvalue weighted by molar-refractivity contribution is 9.10. The van der Waals surface area contributed by atoms with Gasteiger partial charge in [-0.3, -0.25) is 0 Å². The lowest BCUT2D eigenvalue weighted by molar-refractivity contribution is 0.265. The molecule has 1 aliphatic rings. The highest BCUT2D eigenvalue weighted by Crippen LogP contribution is 2.19. The Balaban J connectivity index is 1.94. The first-order valence-corrected chi connectivity index (χ1v) is 9.15. The van der Waals surface area contributed by atoms with Crippen molar-refractivity contribution in [2.24, 2.45) is 5.92 Å². The molecule has 1 fully saturated rings. The summed E-state index contributed by atoms with van der Waals surface area (Å²) in [7, 11) is -3.41. The second kappa shape index (κ2) is 6.56. The van der Waals surface area contributed by atoms with Gasteiger partial charge < -0.3 is 4.90 Å². The van der Waals surface area contributed by atoms with Crippen molar-refractivity contribution in [3.05, 3.63) is 28.7 Å². The lowest BCUT2D eigenvalue weighted by atomic mass is 10.1. The van der Waals surface area contributed by atoms with Crippen LogP contribution in [0.2, 0.25) is 0 Å². The summed E-state index contributed by atoms with van der Waals surface area (Å²) in [4.78, 5) is 2.70. The van der Waals surface area contributed by atoms with Crippen molar-refractivity contribution in [1.82, 2.24) is 9.62 Å². The first-order valence-electron chi connectivity index (χ1n) is 6.88. The fraction of sp³-hybridized carbons (Fsp3) is 0.571. The van der Waals surface area contributed by atoms with E-state index >= 15 is 0 Å². The van der Waals surface area contributed by atoms with Crippen LogP contribution in [0.25, 0.3) is 0 Å². The Labute approximate surface area is 129 Å². The summed E-state index contributed by atoms with van der Waals surface area (Å²) < 4.78 is 27.9. The lowest BCUT2D eigenvalue weighted by Gasteiger charge is -2.20. The molecule has 112 valence electrons. The summed E-state index contributed by atoms with van der Waals surface area (Å²) in [5.41, 5.74) is 0. The molecule has 1 aromatic carbocycles. The molecule has 0 saturated carbocycles. The van der Waals surface area contributed by atoms with Crippen LogP contribution < -0.4 is 4.72 Å². The van der Waals surface area contributed by atoms with E-state index in [0.29, 0.717) is 23.4 Å². The molecule has 20 heavy (non-hydrogen) atoms. The van der Waals surface area contributed by atoms with Crippen LogP contribution in [0.3, 0.4) is 0 Å². The van der Waals surface area contributed by atoms with E-state index in [1.165, 1.54) is 0 Å². The molecular weight excluding hydrogens is 340 g/mol. The van der Waals surface area contributed by atoms with Gasteiger partial charge >= 0.3 is 0 Å². The van der Waals surface area contributed by atoms with Crippen LogP contribution in [0.15, 0.2) is 33.6 Å². The van der Waals surface area contributed by atoms with Crippen LogP contribution in [-0.4, -0.2) is 39.0 Å². The van der Waals surface area contributed by atoms with Gasteiger partial charge in [-0.1, -0.05) is 22.0 Å². The van der Waals surface area contributed by atoms with E-state index in [1.54, 1.807) is 18.2 Å². The molecule has 0 spiro atoms. The summed E-state index contributed by atoms with van der Waals surface area (Å²) in [5.74, 6) is 0.402. The van der Waals surface area contributed by atoms with Gasteiger partial charge in [0.2, 0.25) is 10.0 Å². The molecule has 1 heterocycles. The van der Waals surface area contributed by atoms with E-state index in [9.17, 15) is 8.42 Å². The average Bonchev–Trinajstić information content (AvgIpc) is 2.85. The first kappa shape index (κ1) is 15.9. The second-order valence-electron chi connectivity index (χ2n) is 5.55. The zero-order chi connectivity index (χ0) is 14.8. The Morgan fingerprint density at radius 3 is 2.80 bits per heavy atom. The van der Waals surface area contributed by atoms with Crippen LogP contribution in [0, 0.1) is 5.92 Å². The predicted molar refractivity (Wildman–Crippen MR) is 84.1 cm³/mol. The van der Waals surface area contributed by atoms with Crippen molar-refractivity contribution in [3.63, 3.8) is 0 Å². The number of hydrogen-bond acceptors (Lipinski definition) is 3. The maximum absolute atomic E-state index is 12.2. The van der Waals surface area contributed by atoms with Crippen molar-refractivity contribution >= 4 is 26.0 Å². The smallest absolute Gasteiger partial charge is 0.240 e. The topological polar surface area (TPSA) is 49.4 Å². The molecule has 1 unspecified atom stereocenters. The van der Waals surface area contributed by atoms with Gasteiger partial charge in [-0.15, -0.1) is 0 Å². The van der Waals surface area contributed by atoms with Gasteiger partial charge in [-0.2, -0.15) is 0 Å². The van der Waals surface area contributed by atoms with Crippen LogP contribution in [0.1, 0.15) is 20.3 Å². The maximum Gasteiger partial charge on any atom is 0.240 e. The highest BCUT2D eigenvalue weighted by atomic mass is 79.9. The lowest BCUT2D eigenvalue weighted by Crippen LogP contribution is -2.33. The molecule has 0 aromatic heterocycles. The van der Waals surface area contributed by atoms with Crippen molar-refractivity contribution in [2.75, 3.05) is 19.6 Å². The van der Waals surface area contributed by atoms with Crippen LogP contribution in [0.5, 0.6) is 0 Å². The number of nitrogens with one attached hydrogen (secondary N) is 1. The molecular formula is C14H21BrN2O2S. The van der Waals surface area contributed by atoms with E-state index in [4.69, 9.17) is 0 Å². The van der Waals surface area contributed by atoms with Crippen LogP contribution in [-0.2, 0) is 10.0 Å². The molecule has 4 nitrogen and oxygen atoms in total. The van der Waals surface area contributed by atoms with E-state index in [0.717, 1.165) is 24.0 Å². The number of rotatable bonds is 5. The Morgan fingerprint density at radius 1 is 1.45 bits per heavy atom. The molecule has 1 aromatic rings. The molecule has 1 saturated heterocycles. The molecule has 1 aliphatic heterocycles. The summed E-state index contributed by atoms with van der Waals surface area (Å²) >= 11 is 3.30. The quantitative estimate of drug-likeness (QED) is 0.877. The maximum atomic E-state index is 12.2. The third-order valence-electron chi connectivity index (χ3n) is 3.72. The Kier molecular flexibility index (Phi) is 5.23. The monoisotopic (exact) mass is 360 g/mol. The summed E-state index contributed by atoms with van der Waals surface area (Å²) in [6.07, 6.45) is 1.05. The summed E-state index contributed by atoms with van der Waals surface area (Å²) in [5, 5.41) is 0. The van der Waals surface area contributed by atoms with Gasteiger partial charge in [-0.05, 0) is 50.9 Å². The molecule has 0 bridgehead atoms. The summed E-state index contributed by atoms with van der Waals surface area (Å²) in [6, 6.07) is 7.31.